The molecule has 3 heterocycles. The van der Waals surface area contributed by atoms with Gasteiger partial charge in [0.05, 0.1) is 17.3 Å². The fourth-order valence-electron chi connectivity index (χ4n) is 5.44. The SMILES string of the molecule is Cc1cccc2cc(Cn3nc(-c4ccc(F)c(O)c4)c4c(N)ncnc43)n(C3CCCC3)c(=O)c12. The monoisotopic (exact) mass is 484 g/mol. The summed E-state index contributed by atoms with van der Waals surface area (Å²) < 4.78 is 17.4. The van der Waals surface area contributed by atoms with Crippen molar-refractivity contribution in [2.45, 2.75) is 45.2 Å². The van der Waals surface area contributed by atoms with Crippen molar-refractivity contribution in [3.63, 3.8) is 0 Å². The van der Waals surface area contributed by atoms with Gasteiger partial charge in [0.15, 0.2) is 17.2 Å². The Hall–Kier alpha value is -4.27. The van der Waals surface area contributed by atoms with Gasteiger partial charge in [0.2, 0.25) is 0 Å². The maximum atomic E-state index is 13.8. The highest BCUT2D eigenvalue weighted by Gasteiger charge is 2.24. The Kier molecular flexibility index (Phi) is 5.21. The van der Waals surface area contributed by atoms with E-state index < -0.39 is 11.6 Å². The van der Waals surface area contributed by atoms with Crippen molar-refractivity contribution >= 4 is 27.6 Å². The molecule has 1 fully saturated rings. The molecule has 182 valence electrons. The number of anilines is 1. The molecule has 36 heavy (non-hydrogen) atoms. The quantitative estimate of drug-likeness (QED) is 0.382. The third kappa shape index (κ3) is 3.50. The second kappa shape index (κ2) is 8.44. The molecule has 3 aromatic heterocycles. The number of halogens is 1. The fourth-order valence-corrected chi connectivity index (χ4v) is 5.44. The number of hydrogen-bond donors (Lipinski definition) is 2. The van der Waals surface area contributed by atoms with Crippen molar-refractivity contribution in [3.8, 4) is 17.0 Å². The molecular formula is C27H25FN6O2. The average molecular weight is 485 g/mol. The minimum Gasteiger partial charge on any atom is -0.505 e. The van der Waals surface area contributed by atoms with Crippen molar-refractivity contribution in [2.75, 3.05) is 5.73 Å². The van der Waals surface area contributed by atoms with Gasteiger partial charge in [-0.3, -0.25) is 4.79 Å². The Labute approximate surface area is 205 Å². The number of aryl methyl sites for hydroxylation is 1. The lowest BCUT2D eigenvalue weighted by Gasteiger charge is -2.21. The maximum absolute atomic E-state index is 13.8. The van der Waals surface area contributed by atoms with Crippen LogP contribution in [0.3, 0.4) is 0 Å². The smallest absolute Gasteiger partial charge is 0.259 e. The lowest BCUT2D eigenvalue weighted by atomic mass is 10.0. The van der Waals surface area contributed by atoms with E-state index in [9.17, 15) is 14.3 Å². The number of nitrogen functional groups attached to an aromatic ring is 1. The predicted octanol–water partition coefficient (Wildman–Crippen LogP) is 4.71. The Bertz CT molecular complexity index is 1700. The van der Waals surface area contributed by atoms with Crippen LogP contribution in [0.4, 0.5) is 10.2 Å². The summed E-state index contributed by atoms with van der Waals surface area (Å²) in [6, 6.07) is 12.1. The summed E-state index contributed by atoms with van der Waals surface area (Å²) in [5, 5.41) is 16.9. The number of hydrogen-bond acceptors (Lipinski definition) is 6. The molecule has 8 nitrogen and oxygen atoms in total. The van der Waals surface area contributed by atoms with Crippen molar-refractivity contribution in [3.05, 3.63) is 76.2 Å². The average Bonchev–Trinajstić information content (AvgIpc) is 3.50. The number of nitrogens with zero attached hydrogens (tertiary/aromatic N) is 5. The molecule has 0 bridgehead atoms. The number of benzene rings is 2. The third-order valence-electron chi connectivity index (χ3n) is 7.15. The molecule has 9 heteroatoms. The zero-order chi connectivity index (χ0) is 25.0. The summed E-state index contributed by atoms with van der Waals surface area (Å²) in [5.74, 6) is -0.975. The summed E-state index contributed by atoms with van der Waals surface area (Å²) in [5.41, 5.74) is 9.44. The molecule has 6 rings (SSSR count). The molecule has 0 saturated heterocycles. The van der Waals surface area contributed by atoms with Crippen molar-refractivity contribution < 1.29 is 9.50 Å². The van der Waals surface area contributed by atoms with Crippen molar-refractivity contribution in [2.24, 2.45) is 0 Å². The normalized spacial score (nSPS) is 14.3. The van der Waals surface area contributed by atoms with Gasteiger partial charge in [0.25, 0.3) is 5.56 Å². The fraction of sp³-hybridized carbons (Fsp3) is 0.259. The van der Waals surface area contributed by atoms with Gasteiger partial charge in [-0.25, -0.2) is 19.0 Å². The van der Waals surface area contributed by atoms with E-state index in [1.165, 1.54) is 24.5 Å². The standard InChI is InChI=1S/C27H25FN6O2/c1-15-5-4-6-16-11-19(34(27(36)22(15)16)18-7-2-3-8-18)13-33-26-23(25(29)30-14-31-26)24(32-33)17-9-10-20(28)21(35)12-17/h4-6,9-12,14,18,35H,2-3,7-8,13H2,1H3,(H2,29,30,31). The Morgan fingerprint density at radius 1 is 1.11 bits per heavy atom. The highest BCUT2D eigenvalue weighted by molar-refractivity contribution is 5.98. The lowest BCUT2D eigenvalue weighted by Crippen LogP contribution is -2.28. The summed E-state index contributed by atoms with van der Waals surface area (Å²) >= 11 is 0. The van der Waals surface area contributed by atoms with E-state index >= 15 is 0 Å². The number of rotatable bonds is 4. The summed E-state index contributed by atoms with van der Waals surface area (Å²) in [6.45, 7) is 2.25. The second-order valence-electron chi connectivity index (χ2n) is 9.42. The van der Waals surface area contributed by atoms with Crippen LogP contribution in [-0.2, 0) is 6.54 Å². The molecule has 3 N–H and O–H groups in total. The maximum Gasteiger partial charge on any atom is 0.259 e. The number of phenolic OH excluding ortho intramolecular Hbond substituents is 1. The van der Waals surface area contributed by atoms with Crippen LogP contribution in [0.15, 0.2) is 53.6 Å². The molecule has 0 atom stereocenters. The number of aromatic hydroxyl groups is 1. The number of fused-ring (bicyclic) bond motifs is 2. The van der Waals surface area contributed by atoms with E-state index in [0.717, 1.165) is 47.7 Å². The first-order valence-corrected chi connectivity index (χ1v) is 12.0. The molecule has 0 amide bonds. The molecular weight excluding hydrogens is 459 g/mol. The molecule has 1 aliphatic carbocycles. The van der Waals surface area contributed by atoms with E-state index in [1.807, 2.05) is 29.7 Å². The van der Waals surface area contributed by atoms with Gasteiger partial charge < -0.3 is 15.4 Å². The Morgan fingerprint density at radius 3 is 2.69 bits per heavy atom. The predicted molar refractivity (Wildman–Crippen MR) is 136 cm³/mol. The van der Waals surface area contributed by atoms with Gasteiger partial charge in [-0.05, 0) is 55.0 Å². The topological polar surface area (TPSA) is 112 Å². The van der Waals surface area contributed by atoms with Gasteiger partial charge >= 0.3 is 0 Å². The summed E-state index contributed by atoms with van der Waals surface area (Å²) in [7, 11) is 0. The van der Waals surface area contributed by atoms with Crippen LogP contribution in [0.2, 0.25) is 0 Å². The molecule has 0 spiro atoms. The van der Waals surface area contributed by atoms with Crippen LogP contribution in [-0.4, -0.2) is 29.4 Å². The highest BCUT2D eigenvalue weighted by Crippen LogP contribution is 2.34. The zero-order valence-electron chi connectivity index (χ0n) is 19.8. The van der Waals surface area contributed by atoms with Crippen LogP contribution in [0.5, 0.6) is 5.75 Å². The number of pyridine rings is 1. The van der Waals surface area contributed by atoms with Gasteiger partial charge in [-0.1, -0.05) is 31.0 Å². The molecule has 1 aliphatic rings. The van der Waals surface area contributed by atoms with Crippen LogP contribution in [0, 0.1) is 12.7 Å². The van der Waals surface area contributed by atoms with E-state index in [0.29, 0.717) is 22.3 Å². The van der Waals surface area contributed by atoms with E-state index in [2.05, 4.69) is 16.0 Å². The lowest BCUT2D eigenvalue weighted by molar-refractivity contribution is 0.432. The largest absolute Gasteiger partial charge is 0.505 e. The minimum absolute atomic E-state index is 0.0155. The molecule has 0 radical (unpaired) electrons. The van der Waals surface area contributed by atoms with Crippen molar-refractivity contribution in [1.29, 1.82) is 0 Å². The number of phenols is 1. The first-order valence-electron chi connectivity index (χ1n) is 12.0. The Balaban J connectivity index is 1.57. The summed E-state index contributed by atoms with van der Waals surface area (Å²) in [6.07, 6.45) is 5.47. The molecule has 2 aromatic carbocycles. The van der Waals surface area contributed by atoms with Gasteiger partial charge in [0.1, 0.15) is 17.8 Å². The van der Waals surface area contributed by atoms with Crippen LogP contribution >= 0.6 is 0 Å². The van der Waals surface area contributed by atoms with E-state index in [4.69, 9.17) is 10.8 Å². The van der Waals surface area contributed by atoms with E-state index in [-0.39, 0.29) is 24.0 Å². The minimum atomic E-state index is -0.723. The number of nitrogens with two attached hydrogens (primary N) is 1. The number of aromatic nitrogens is 5. The molecule has 0 aliphatic heterocycles. The zero-order valence-corrected chi connectivity index (χ0v) is 19.8. The van der Waals surface area contributed by atoms with Gasteiger partial charge in [0, 0.05) is 17.3 Å². The molecule has 1 saturated carbocycles. The summed E-state index contributed by atoms with van der Waals surface area (Å²) in [4.78, 5) is 22.3. The third-order valence-corrected chi connectivity index (χ3v) is 7.15. The van der Waals surface area contributed by atoms with E-state index in [1.54, 1.807) is 4.68 Å². The van der Waals surface area contributed by atoms with Crippen LogP contribution in [0.25, 0.3) is 33.1 Å². The Morgan fingerprint density at radius 2 is 1.92 bits per heavy atom. The first kappa shape index (κ1) is 22.2. The first-order chi connectivity index (χ1) is 17.4. The molecule has 0 unspecified atom stereocenters. The van der Waals surface area contributed by atoms with Gasteiger partial charge in [-0.2, -0.15) is 5.10 Å². The van der Waals surface area contributed by atoms with Crippen LogP contribution < -0.4 is 11.3 Å². The van der Waals surface area contributed by atoms with Crippen LogP contribution in [0.1, 0.15) is 43.0 Å². The van der Waals surface area contributed by atoms with Crippen molar-refractivity contribution in [1.82, 2.24) is 24.3 Å². The van der Waals surface area contributed by atoms with Gasteiger partial charge in [-0.15, -0.1) is 0 Å². The second-order valence-corrected chi connectivity index (χ2v) is 9.42. The highest BCUT2D eigenvalue weighted by atomic mass is 19.1. The molecule has 5 aromatic rings.